The van der Waals surface area contributed by atoms with E-state index in [1.54, 1.807) is 0 Å². The molecular formula is C30H58O3. The van der Waals surface area contributed by atoms with Crippen LogP contribution in [0.25, 0.3) is 0 Å². The van der Waals surface area contributed by atoms with Crippen LogP contribution < -0.4 is 0 Å². The van der Waals surface area contributed by atoms with Gasteiger partial charge in [0.1, 0.15) is 12.2 Å². The van der Waals surface area contributed by atoms with Gasteiger partial charge < -0.3 is 14.2 Å². The Bertz CT molecular complexity index is 406. The molecule has 2 saturated heterocycles. The van der Waals surface area contributed by atoms with Crippen molar-refractivity contribution in [2.75, 3.05) is 13.2 Å². The number of ether oxygens (including phenoxy) is 3. The van der Waals surface area contributed by atoms with Crippen LogP contribution in [-0.2, 0) is 14.2 Å². The maximum absolute atomic E-state index is 6.92. The SMILES string of the molecule is CCCCCCC(CCCC)CC(OC(CC(CCCC)CCCCCC)C1CO1)C1CO1. The molecule has 0 aromatic heterocycles. The van der Waals surface area contributed by atoms with E-state index < -0.39 is 0 Å². The van der Waals surface area contributed by atoms with Gasteiger partial charge in [-0.1, -0.05) is 130 Å². The molecule has 0 saturated carbocycles. The van der Waals surface area contributed by atoms with Crippen molar-refractivity contribution in [3.8, 4) is 0 Å². The third kappa shape index (κ3) is 13.5. The Kier molecular flexibility index (Phi) is 16.0. The van der Waals surface area contributed by atoms with Crippen LogP contribution in [0, 0.1) is 11.8 Å². The molecule has 0 spiro atoms. The molecule has 0 aromatic rings. The van der Waals surface area contributed by atoms with Crippen molar-refractivity contribution in [3.05, 3.63) is 0 Å². The molecule has 3 heteroatoms. The van der Waals surface area contributed by atoms with Gasteiger partial charge in [0.15, 0.2) is 0 Å². The van der Waals surface area contributed by atoms with Crippen LogP contribution in [0.2, 0.25) is 0 Å². The molecule has 0 radical (unpaired) electrons. The van der Waals surface area contributed by atoms with Gasteiger partial charge in [0.05, 0.1) is 25.4 Å². The first kappa shape index (κ1) is 29.1. The fourth-order valence-corrected chi connectivity index (χ4v) is 5.48. The highest BCUT2D eigenvalue weighted by molar-refractivity contribution is 4.88. The second kappa shape index (κ2) is 18.2. The molecule has 3 nitrogen and oxygen atoms in total. The van der Waals surface area contributed by atoms with Crippen molar-refractivity contribution < 1.29 is 14.2 Å². The number of unbranched alkanes of at least 4 members (excludes halogenated alkanes) is 8. The van der Waals surface area contributed by atoms with Crippen molar-refractivity contribution in [1.29, 1.82) is 0 Å². The summed E-state index contributed by atoms with van der Waals surface area (Å²) in [5.41, 5.74) is 0. The third-order valence-electron chi connectivity index (χ3n) is 7.89. The first-order valence-corrected chi connectivity index (χ1v) is 15.1. The first-order valence-electron chi connectivity index (χ1n) is 15.1. The standard InChI is InChI=1S/C30H58O3/c1-5-9-13-15-19-25(17-11-7-3)21-27(29-23-31-29)33-28(30-24-32-30)22-26(18-12-8-4)20-16-14-10-6-2/h25-30H,5-24H2,1-4H3. The van der Waals surface area contributed by atoms with Crippen molar-refractivity contribution in [2.45, 2.75) is 168 Å². The summed E-state index contributed by atoms with van der Waals surface area (Å²) in [4.78, 5) is 0. The quantitative estimate of drug-likeness (QED) is 0.105. The van der Waals surface area contributed by atoms with E-state index in [1.807, 2.05) is 0 Å². The maximum atomic E-state index is 6.92. The fourth-order valence-electron chi connectivity index (χ4n) is 5.48. The van der Waals surface area contributed by atoms with Crippen molar-refractivity contribution in [1.82, 2.24) is 0 Å². The summed E-state index contributed by atoms with van der Waals surface area (Å²) in [7, 11) is 0. The lowest BCUT2D eigenvalue weighted by molar-refractivity contribution is -0.0598. The van der Waals surface area contributed by atoms with E-state index in [4.69, 9.17) is 14.2 Å². The molecular weight excluding hydrogens is 408 g/mol. The summed E-state index contributed by atoms with van der Waals surface area (Å²) < 4.78 is 18.6. The van der Waals surface area contributed by atoms with Crippen molar-refractivity contribution in [2.24, 2.45) is 11.8 Å². The van der Waals surface area contributed by atoms with E-state index in [0.717, 1.165) is 25.0 Å². The highest BCUT2D eigenvalue weighted by Gasteiger charge is 2.41. The number of epoxide rings is 2. The zero-order chi connectivity index (χ0) is 23.7. The van der Waals surface area contributed by atoms with Gasteiger partial charge in [-0.2, -0.15) is 0 Å². The lowest BCUT2D eigenvalue weighted by Gasteiger charge is -2.29. The summed E-state index contributed by atoms with van der Waals surface area (Å²) in [5, 5.41) is 0. The second-order valence-corrected chi connectivity index (χ2v) is 11.1. The average molecular weight is 467 g/mol. The fraction of sp³-hybridized carbons (Fsp3) is 1.00. The molecule has 2 aliphatic heterocycles. The zero-order valence-electron chi connectivity index (χ0n) is 22.8. The van der Waals surface area contributed by atoms with Gasteiger partial charge in [-0.25, -0.2) is 0 Å². The Labute approximate surface area is 207 Å². The van der Waals surface area contributed by atoms with Crippen molar-refractivity contribution >= 4 is 0 Å². The number of hydrogen-bond donors (Lipinski definition) is 0. The largest absolute Gasteiger partial charge is 0.370 e. The monoisotopic (exact) mass is 466 g/mol. The Hall–Kier alpha value is -0.120. The van der Waals surface area contributed by atoms with Crippen LogP contribution >= 0.6 is 0 Å². The van der Waals surface area contributed by atoms with Gasteiger partial charge >= 0.3 is 0 Å². The minimum absolute atomic E-state index is 0.277. The zero-order valence-corrected chi connectivity index (χ0v) is 22.8. The summed E-state index contributed by atoms with van der Waals surface area (Å²) in [6.07, 6.45) is 25.3. The lowest BCUT2D eigenvalue weighted by atomic mass is 9.88. The predicted molar refractivity (Wildman–Crippen MR) is 141 cm³/mol. The van der Waals surface area contributed by atoms with E-state index >= 15 is 0 Å². The molecule has 2 aliphatic rings. The van der Waals surface area contributed by atoms with Gasteiger partial charge in [0.2, 0.25) is 0 Å². The van der Waals surface area contributed by atoms with Gasteiger partial charge in [0.25, 0.3) is 0 Å². The predicted octanol–water partition coefficient (Wildman–Crippen LogP) is 8.87. The Morgan fingerprint density at radius 3 is 1.24 bits per heavy atom. The Balaban J connectivity index is 1.91. The molecule has 196 valence electrons. The van der Waals surface area contributed by atoms with Crippen LogP contribution in [0.3, 0.4) is 0 Å². The van der Waals surface area contributed by atoms with Gasteiger partial charge in [0, 0.05) is 0 Å². The van der Waals surface area contributed by atoms with E-state index in [0.29, 0.717) is 12.2 Å². The van der Waals surface area contributed by atoms with E-state index in [1.165, 1.54) is 116 Å². The average Bonchev–Trinajstić information content (AvgIpc) is 3.72. The summed E-state index contributed by atoms with van der Waals surface area (Å²) >= 11 is 0. The minimum atomic E-state index is 0.277. The van der Waals surface area contributed by atoms with Crippen LogP contribution in [0.15, 0.2) is 0 Å². The van der Waals surface area contributed by atoms with Crippen LogP contribution in [0.5, 0.6) is 0 Å². The van der Waals surface area contributed by atoms with E-state index in [-0.39, 0.29) is 12.2 Å². The topological polar surface area (TPSA) is 34.3 Å². The molecule has 2 fully saturated rings. The molecule has 6 unspecified atom stereocenters. The smallest absolute Gasteiger partial charge is 0.107 e. The Morgan fingerprint density at radius 1 is 0.545 bits per heavy atom. The molecule has 0 aromatic carbocycles. The minimum Gasteiger partial charge on any atom is -0.370 e. The number of hydrogen-bond acceptors (Lipinski definition) is 3. The molecule has 33 heavy (non-hydrogen) atoms. The number of rotatable bonds is 24. The Morgan fingerprint density at radius 2 is 0.909 bits per heavy atom. The highest BCUT2D eigenvalue weighted by Crippen LogP contribution is 2.34. The van der Waals surface area contributed by atoms with Gasteiger partial charge in [-0.05, 0) is 24.7 Å². The van der Waals surface area contributed by atoms with E-state index in [2.05, 4.69) is 27.7 Å². The summed E-state index contributed by atoms with van der Waals surface area (Å²) in [5.74, 6) is 1.59. The lowest BCUT2D eigenvalue weighted by Crippen LogP contribution is -2.33. The van der Waals surface area contributed by atoms with Crippen LogP contribution in [0.4, 0.5) is 0 Å². The van der Waals surface area contributed by atoms with Crippen LogP contribution in [-0.4, -0.2) is 37.6 Å². The first-order chi connectivity index (χ1) is 16.2. The molecule has 6 atom stereocenters. The maximum Gasteiger partial charge on any atom is 0.107 e. The van der Waals surface area contributed by atoms with Gasteiger partial charge in [-0.3, -0.25) is 0 Å². The summed E-state index contributed by atoms with van der Waals surface area (Å²) in [6, 6.07) is 0. The third-order valence-corrected chi connectivity index (χ3v) is 7.89. The molecule has 0 bridgehead atoms. The summed E-state index contributed by atoms with van der Waals surface area (Å²) in [6.45, 7) is 11.1. The molecule has 0 N–H and O–H groups in total. The highest BCUT2D eigenvalue weighted by atomic mass is 16.6. The molecule has 0 amide bonds. The second-order valence-electron chi connectivity index (χ2n) is 11.1. The van der Waals surface area contributed by atoms with Crippen LogP contribution in [0.1, 0.15) is 143 Å². The molecule has 2 rings (SSSR count). The van der Waals surface area contributed by atoms with E-state index in [9.17, 15) is 0 Å². The molecule has 0 aliphatic carbocycles. The van der Waals surface area contributed by atoms with Crippen molar-refractivity contribution in [3.63, 3.8) is 0 Å². The molecule has 2 heterocycles. The van der Waals surface area contributed by atoms with Gasteiger partial charge in [-0.15, -0.1) is 0 Å². The normalized spacial score (nSPS) is 23.3.